The molecule has 0 aliphatic carbocycles. The quantitative estimate of drug-likeness (QED) is 0.568. The number of hydrogen-bond donors (Lipinski definition) is 0. The van der Waals surface area contributed by atoms with Crippen molar-refractivity contribution in [2.24, 2.45) is 9.98 Å². The number of hydrogen-bond acceptors (Lipinski definition) is 6. The van der Waals surface area contributed by atoms with Gasteiger partial charge in [0.05, 0.1) is 24.4 Å². The molecule has 30 heavy (non-hydrogen) atoms. The first-order chi connectivity index (χ1) is 14.2. The van der Waals surface area contributed by atoms with E-state index in [1.54, 1.807) is 18.3 Å². The molecule has 0 bridgehead atoms. The van der Waals surface area contributed by atoms with E-state index in [1.807, 2.05) is 31.2 Å². The maximum absolute atomic E-state index is 15.3. The highest BCUT2D eigenvalue weighted by atomic mass is 79.9. The molecule has 1 fully saturated rings. The molecule has 0 spiro atoms. The summed E-state index contributed by atoms with van der Waals surface area (Å²) in [7, 11) is 0. The van der Waals surface area contributed by atoms with Crippen molar-refractivity contribution in [2.75, 3.05) is 6.61 Å². The topological polar surface area (TPSA) is 65.3 Å². The first-order valence-electron chi connectivity index (χ1n) is 9.76. The zero-order valence-corrected chi connectivity index (χ0v) is 18.6. The van der Waals surface area contributed by atoms with Crippen LogP contribution in [0, 0.1) is 0 Å². The fourth-order valence-corrected chi connectivity index (χ4v) is 3.83. The summed E-state index contributed by atoms with van der Waals surface area (Å²) in [4.78, 5) is 12.9. The summed E-state index contributed by atoms with van der Waals surface area (Å²) in [5.41, 5.74) is -0.990. The molecule has 3 atom stereocenters. The lowest BCUT2D eigenvalue weighted by Gasteiger charge is -2.33. The van der Waals surface area contributed by atoms with Crippen molar-refractivity contribution in [2.45, 2.75) is 50.8 Å². The fraction of sp³-hybridized carbons (Fsp3) is 0.409. The van der Waals surface area contributed by atoms with Crippen LogP contribution in [0.1, 0.15) is 38.4 Å². The zero-order valence-electron chi connectivity index (χ0n) is 17.0. The van der Waals surface area contributed by atoms with Gasteiger partial charge in [-0.1, -0.05) is 15.9 Å². The third kappa shape index (κ3) is 4.45. The maximum atomic E-state index is 15.3. The molecule has 1 saturated heterocycles. The van der Waals surface area contributed by atoms with E-state index >= 15 is 4.39 Å². The molecular formula is C22H23BrFN3O3. The molecule has 0 amide bonds. The lowest BCUT2D eigenvalue weighted by Crippen LogP contribution is -2.35. The van der Waals surface area contributed by atoms with Gasteiger partial charge in [0.2, 0.25) is 5.88 Å². The van der Waals surface area contributed by atoms with Crippen molar-refractivity contribution in [3.05, 3.63) is 52.1 Å². The fourth-order valence-electron chi connectivity index (χ4n) is 3.57. The van der Waals surface area contributed by atoms with Crippen molar-refractivity contribution < 1.29 is 18.6 Å². The molecular weight excluding hydrogens is 453 g/mol. The third-order valence-electron chi connectivity index (χ3n) is 4.88. The second kappa shape index (κ2) is 8.17. The van der Waals surface area contributed by atoms with E-state index in [0.29, 0.717) is 30.2 Å². The number of nitrogens with zero attached hydrogens (tertiary/aromatic N) is 3. The highest BCUT2D eigenvalue weighted by Gasteiger charge is 2.47. The number of aromatic nitrogens is 1. The van der Waals surface area contributed by atoms with Gasteiger partial charge in [-0.2, -0.15) is 0 Å². The minimum atomic E-state index is -1.74. The van der Waals surface area contributed by atoms with E-state index < -0.39 is 11.5 Å². The minimum Gasteiger partial charge on any atom is -0.439 e. The van der Waals surface area contributed by atoms with Crippen LogP contribution in [0.5, 0.6) is 11.6 Å². The van der Waals surface area contributed by atoms with Crippen molar-refractivity contribution >= 4 is 28.5 Å². The monoisotopic (exact) mass is 475 g/mol. The summed E-state index contributed by atoms with van der Waals surface area (Å²) in [5, 5.41) is 0. The molecule has 4 rings (SSSR count). The average molecular weight is 476 g/mol. The van der Waals surface area contributed by atoms with Gasteiger partial charge >= 0.3 is 0 Å². The number of aliphatic imine (C=N–C) groups is 2. The molecule has 1 aromatic carbocycles. The minimum absolute atomic E-state index is 0.137. The standard InChI is InChI=1S/C22H23BrFN3O3/c1-14-12-28-22(30-14,10-16-11-25-13-26-16)18-8-9-19(27-20(18)21(2,3)24)29-17-6-4-15(23)5-7-17/h4-9,11,13-14,16H,10,12H2,1-3H3. The van der Waals surface area contributed by atoms with E-state index in [2.05, 4.69) is 30.9 Å². The number of ether oxygens (including phenoxy) is 3. The summed E-state index contributed by atoms with van der Waals surface area (Å²) in [6.45, 7) is 5.25. The first kappa shape index (κ1) is 21.1. The molecule has 1 aromatic heterocycles. The van der Waals surface area contributed by atoms with Gasteiger partial charge in [0, 0.05) is 28.7 Å². The van der Waals surface area contributed by atoms with Gasteiger partial charge in [0.15, 0.2) is 5.79 Å². The van der Waals surface area contributed by atoms with Gasteiger partial charge in [0.1, 0.15) is 17.8 Å². The van der Waals surface area contributed by atoms with Crippen LogP contribution in [-0.2, 0) is 20.9 Å². The van der Waals surface area contributed by atoms with Gasteiger partial charge < -0.3 is 14.2 Å². The van der Waals surface area contributed by atoms with Crippen molar-refractivity contribution in [1.82, 2.24) is 4.98 Å². The third-order valence-corrected chi connectivity index (χ3v) is 5.41. The Morgan fingerprint density at radius 3 is 2.60 bits per heavy atom. The maximum Gasteiger partial charge on any atom is 0.219 e. The van der Waals surface area contributed by atoms with Crippen LogP contribution < -0.4 is 4.74 Å². The number of alkyl halides is 1. The van der Waals surface area contributed by atoms with Gasteiger partial charge in [-0.25, -0.2) is 14.4 Å². The summed E-state index contributed by atoms with van der Waals surface area (Å²) in [6, 6.07) is 10.6. The molecule has 0 saturated carbocycles. The smallest absolute Gasteiger partial charge is 0.219 e. The largest absolute Gasteiger partial charge is 0.439 e. The SMILES string of the molecule is CC1COC(CC2C=NC=N2)(c2ccc(Oc3ccc(Br)cc3)nc2C(C)(C)F)O1. The molecule has 8 heteroatoms. The molecule has 3 heterocycles. The Labute approximate surface area is 183 Å². The Morgan fingerprint density at radius 1 is 1.23 bits per heavy atom. The molecule has 6 nitrogen and oxygen atoms in total. The second-order valence-corrected chi connectivity index (χ2v) is 8.82. The summed E-state index contributed by atoms with van der Waals surface area (Å²) in [6.07, 6.45) is 3.48. The Kier molecular flexibility index (Phi) is 5.74. The number of rotatable bonds is 6. The van der Waals surface area contributed by atoms with Crippen LogP contribution in [0.25, 0.3) is 0 Å². The normalized spacial score (nSPS) is 25.8. The molecule has 0 radical (unpaired) electrons. The zero-order chi connectivity index (χ0) is 21.4. The molecule has 2 aliphatic heterocycles. The highest BCUT2D eigenvalue weighted by Crippen LogP contribution is 2.44. The van der Waals surface area contributed by atoms with Gasteiger partial charge in [-0.15, -0.1) is 0 Å². The summed E-state index contributed by atoms with van der Waals surface area (Å²) < 4.78 is 34.4. The molecule has 158 valence electrons. The van der Waals surface area contributed by atoms with E-state index in [9.17, 15) is 0 Å². The molecule has 2 aliphatic rings. The second-order valence-electron chi connectivity index (χ2n) is 7.90. The van der Waals surface area contributed by atoms with Gasteiger partial charge in [-0.05, 0) is 51.1 Å². The van der Waals surface area contributed by atoms with E-state index in [1.165, 1.54) is 20.2 Å². The van der Waals surface area contributed by atoms with Crippen LogP contribution in [0.4, 0.5) is 4.39 Å². The van der Waals surface area contributed by atoms with E-state index in [4.69, 9.17) is 14.2 Å². The predicted molar refractivity (Wildman–Crippen MR) is 116 cm³/mol. The number of halogens is 2. The number of pyridine rings is 1. The summed E-state index contributed by atoms with van der Waals surface area (Å²) >= 11 is 3.39. The van der Waals surface area contributed by atoms with Crippen LogP contribution >= 0.6 is 15.9 Å². The first-order valence-corrected chi connectivity index (χ1v) is 10.6. The van der Waals surface area contributed by atoms with Crippen LogP contribution in [0.2, 0.25) is 0 Å². The van der Waals surface area contributed by atoms with Gasteiger partial charge in [0.25, 0.3) is 0 Å². The number of benzene rings is 1. The summed E-state index contributed by atoms with van der Waals surface area (Å²) in [5.74, 6) is -0.252. The van der Waals surface area contributed by atoms with Crippen LogP contribution in [0.3, 0.4) is 0 Å². The average Bonchev–Trinajstić information content (AvgIpc) is 3.33. The lowest BCUT2D eigenvalue weighted by atomic mass is 9.91. The van der Waals surface area contributed by atoms with Crippen molar-refractivity contribution in [1.29, 1.82) is 0 Å². The van der Waals surface area contributed by atoms with Crippen molar-refractivity contribution in [3.8, 4) is 11.6 Å². The predicted octanol–water partition coefficient (Wildman–Crippen LogP) is 5.30. The van der Waals surface area contributed by atoms with Gasteiger partial charge in [-0.3, -0.25) is 4.99 Å². The molecule has 3 unspecified atom stereocenters. The van der Waals surface area contributed by atoms with Crippen molar-refractivity contribution in [3.63, 3.8) is 0 Å². The van der Waals surface area contributed by atoms with Crippen LogP contribution in [-0.4, -0.2) is 36.3 Å². The van der Waals surface area contributed by atoms with E-state index in [0.717, 1.165) is 4.47 Å². The lowest BCUT2D eigenvalue weighted by molar-refractivity contribution is -0.181. The highest BCUT2D eigenvalue weighted by molar-refractivity contribution is 9.10. The Balaban J connectivity index is 1.72. The molecule has 0 N–H and O–H groups in total. The Bertz CT molecular complexity index is 963. The Hall–Kier alpha value is -2.16. The van der Waals surface area contributed by atoms with E-state index in [-0.39, 0.29) is 17.8 Å². The Morgan fingerprint density at radius 2 is 2.00 bits per heavy atom. The van der Waals surface area contributed by atoms with Crippen LogP contribution in [0.15, 0.2) is 50.9 Å². The molecule has 2 aromatic rings.